The van der Waals surface area contributed by atoms with Crippen molar-refractivity contribution < 1.29 is 14.7 Å². The molecule has 1 saturated heterocycles. The number of aryl methyl sites for hydroxylation is 1. The first-order valence-electron chi connectivity index (χ1n) is 7.25. The van der Waals surface area contributed by atoms with Crippen LogP contribution in [0.3, 0.4) is 0 Å². The predicted octanol–water partition coefficient (Wildman–Crippen LogP) is 1.51. The van der Waals surface area contributed by atoms with Crippen molar-refractivity contribution in [1.29, 1.82) is 0 Å². The first-order valence-corrected chi connectivity index (χ1v) is 7.25. The van der Waals surface area contributed by atoms with Crippen molar-refractivity contribution in [1.82, 2.24) is 9.80 Å². The summed E-state index contributed by atoms with van der Waals surface area (Å²) in [6.07, 6.45) is 0.438. The van der Waals surface area contributed by atoms with Crippen molar-refractivity contribution in [2.45, 2.75) is 13.3 Å². The monoisotopic (exact) mass is 290 g/mol. The normalized spacial score (nSPS) is 16.9. The number of benzene rings is 1. The van der Waals surface area contributed by atoms with E-state index >= 15 is 0 Å². The van der Waals surface area contributed by atoms with Crippen molar-refractivity contribution in [3.8, 4) is 0 Å². The molecule has 0 saturated carbocycles. The molecule has 0 atom stereocenters. The van der Waals surface area contributed by atoms with Crippen molar-refractivity contribution >= 4 is 11.8 Å². The number of piperazine rings is 1. The molecule has 0 amide bonds. The van der Waals surface area contributed by atoms with Gasteiger partial charge in [-0.1, -0.05) is 6.07 Å². The van der Waals surface area contributed by atoms with E-state index in [1.807, 2.05) is 6.92 Å². The highest BCUT2D eigenvalue weighted by Gasteiger charge is 2.17. The van der Waals surface area contributed by atoms with Gasteiger partial charge in [-0.2, -0.15) is 0 Å². The van der Waals surface area contributed by atoms with Gasteiger partial charge in [0, 0.05) is 44.7 Å². The van der Waals surface area contributed by atoms with Crippen LogP contribution in [0.4, 0.5) is 0 Å². The van der Waals surface area contributed by atoms with Gasteiger partial charge in [-0.15, -0.1) is 0 Å². The van der Waals surface area contributed by atoms with Gasteiger partial charge in [-0.25, -0.2) is 4.79 Å². The van der Waals surface area contributed by atoms with Crippen molar-refractivity contribution in [2.24, 2.45) is 0 Å². The highest BCUT2D eigenvalue weighted by Crippen LogP contribution is 2.14. The number of carbonyl (C=O) groups is 2. The fourth-order valence-electron chi connectivity index (χ4n) is 2.52. The average Bonchev–Trinajstić information content (AvgIpc) is 2.46. The molecule has 1 aliphatic heterocycles. The number of ketones is 1. The molecule has 5 nitrogen and oxygen atoms in total. The highest BCUT2D eigenvalue weighted by molar-refractivity contribution is 6.00. The lowest BCUT2D eigenvalue weighted by Gasteiger charge is -2.32. The molecule has 114 valence electrons. The number of carboxylic acid groups (broad SMARTS) is 1. The van der Waals surface area contributed by atoms with Crippen LogP contribution < -0.4 is 0 Å². The number of nitrogens with zero attached hydrogens (tertiary/aromatic N) is 2. The molecule has 1 heterocycles. The summed E-state index contributed by atoms with van der Waals surface area (Å²) < 4.78 is 0. The number of hydrogen-bond donors (Lipinski definition) is 1. The van der Waals surface area contributed by atoms with Crippen molar-refractivity contribution in [2.75, 3.05) is 39.8 Å². The number of hydrogen-bond acceptors (Lipinski definition) is 4. The average molecular weight is 290 g/mol. The van der Waals surface area contributed by atoms with Crippen LogP contribution in [0.25, 0.3) is 0 Å². The van der Waals surface area contributed by atoms with Crippen LogP contribution in [0, 0.1) is 6.92 Å². The Morgan fingerprint density at radius 2 is 1.86 bits per heavy atom. The fraction of sp³-hybridized carbons (Fsp3) is 0.500. The Morgan fingerprint density at radius 1 is 1.19 bits per heavy atom. The van der Waals surface area contributed by atoms with E-state index in [-0.39, 0.29) is 11.3 Å². The van der Waals surface area contributed by atoms with Gasteiger partial charge in [0.25, 0.3) is 0 Å². The largest absolute Gasteiger partial charge is 0.478 e. The minimum absolute atomic E-state index is 0.0227. The molecule has 1 N–H and O–H groups in total. The maximum absolute atomic E-state index is 12.3. The highest BCUT2D eigenvalue weighted by atomic mass is 16.4. The zero-order valence-electron chi connectivity index (χ0n) is 12.6. The summed E-state index contributed by atoms with van der Waals surface area (Å²) in [5, 5.41) is 9.02. The molecule has 0 aromatic heterocycles. The molecular weight excluding hydrogens is 268 g/mol. The molecule has 0 unspecified atom stereocenters. The minimum Gasteiger partial charge on any atom is -0.478 e. The van der Waals surface area contributed by atoms with Crippen LogP contribution in [-0.2, 0) is 0 Å². The number of rotatable bonds is 5. The maximum atomic E-state index is 12.3. The van der Waals surface area contributed by atoms with Crippen LogP contribution in [0.5, 0.6) is 0 Å². The maximum Gasteiger partial charge on any atom is 0.335 e. The summed E-state index contributed by atoms with van der Waals surface area (Å²) in [4.78, 5) is 27.9. The number of aromatic carboxylic acids is 1. The number of Topliss-reactive ketones (excluding diaryl/α,β-unsaturated/α-hetero) is 1. The zero-order chi connectivity index (χ0) is 15.4. The molecule has 0 spiro atoms. The summed E-state index contributed by atoms with van der Waals surface area (Å²) in [5.74, 6) is -0.974. The second kappa shape index (κ2) is 6.83. The minimum atomic E-state index is -0.997. The summed E-state index contributed by atoms with van der Waals surface area (Å²) in [6.45, 7) is 6.61. The third-order valence-corrected chi connectivity index (χ3v) is 4.04. The Kier molecular flexibility index (Phi) is 5.09. The number of likely N-dealkylation sites (N-methyl/N-ethyl adjacent to an activating group) is 1. The molecule has 0 radical (unpaired) electrons. The van der Waals surface area contributed by atoms with Gasteiger partial charge >= 0.3 is 5.97 Å². The third kappa shape index (κ3) is 4.12. The van der Waals surface area contributed by atoms with Crippen LogP contribution in [0.15, 0.2) is 18.2 Å². The van der Waals surface area contributed by atoms with Crippen LogP contribution in [-0.4, -0.2) is 66.4 Å². The van der Waals surface area contributed by atoms with Crippen LogP contribution in [0.2, 0.25) is 0 Å². The topological polar surface area (TPSA) is 60.9 Å². The van der Waals surface area contributed by atoms with Gasteiger partial charge in [-0.05, 0) is 31.7 Å². The summed E-state index contributed by atoms with van der Waals surface area (Å²) in [7, 11) is 2.10. The van der Waals surface area contributed by atoms with E-state index in [1.54, 1.807) is 6.07 Å². The molecule has 21 heavy (non-hydrogen) atoms. The van der Waals surface area contributed by atoms with Gasteiger partial charge in [-0.3, -0.25) is 4.79 Å². The van der Waals surface area contributed by atoms with Gasteiger partial charge in [0.2, 0.25) is 0 Å². The summed E-state index contributed by atoms with van der Waals surface area (Å²) in [6, 6.07) is 4.73. The number of carbonyl (C=O) groups excluding carboxylic acids is 1. The molecule has 0 bridgehead atoms. The van der Waals surface area contributed by atoms with E-state index in [9.17, 15) is 9.59 Å². The van der Waals surface area contributed by atoms with Gasteiger partial charge in [0.1, 0.15) is 0 Å². The van der Waals surface area contributed by atoms with Gasteiger partial charge in [0.05, 0.1) is 5.56 Å². The lowest BCUT2D eigenvalue weighted by molar-refractivity contribution is 0.0697. The van der Waals surface area contributed by atoms with Gasteiger partial charge < -0.3 is 14.9 Å². The first kappa shape index (κ1) is 15.7. The Morgan fingerprint density at radius 3 is 2.48 bits per heavy atom. The van der Waals surface area contributed by atoms with Crippen LogP contribution in [0.1, 0.15) is 32.7 Å². The third-order valence-electron chi connectivity index (χ3n) is 4.04. The Labute approximate surface area is 125 Å². The Balaban J connectivity index is 1.97. The molecular formula is C16H22N2O3. The standard InChI is InChI=1S/C16H22N2O3/c1-12-3-4-13(16(20)21)11-14(12)15(19)5-6-18-9-7-17(2)8-10-18/h3-4,11H,5-10H2,1-2H3,(H,20,21). The van der Waals surface area contributed by atoms with Crippen molar-refractivity contribution in [3.63, 3.8) is 0 Å². The van der Waals surface area contributed by atoms with Crippen LogP contribution >= 0.6 is 0 Å². The van der Waals surface area contributed by atoms with E-state index in [1.165, 1.54) is 12.1 Å². The Hall–Kier alpha value is -1.72. The smallest absolute Gasteiger partial charge is 0.335 e. The number of carboxylic acids is 1. The fourth-order valence-corrected chi connectivity index (χ4v) is 2.52. The molecule has 1 aromatic rings. The molecule has 1 fully saturated rings. The lowest BCUT2D eigenvalue weighted by Crippen LogP contribution is -2.45. The van der Waals surface area contributed by atoms with E-state index in [4.69, 9.17) is 5.11 Å². The van der Waals surface area contributed by atoms with E-state index in [0.29, 0.717) is 12.0 Å². The van der Waals surface area contributed by atoms with E-state index < -0.39 is 5.97 Å². The van der Waals surface area contributed by atoms with Gasteiger partial charge in [0.15, 0.2) is 5.78 Å². The second-order valence-corrected chi connectivity index (χ2v) is 5.65. The van der Waals surface area contributed by atoms with E-state index in [2.05, 4.69) is 16.8 Å². The molecule has 0 aliphatic carbocycles. The molecule has 1 aromatic carbocycles. The first-order chi connectivity index (χ1) is 9.97. The summed E-state index contributed by atoms with van der Waals surface area (Å²) >= 11 is 0. The molecule has 2 rings (SSSR count). The Bertz CT molecular complexity index is 534. The quantitative estimate of drug-likeness (QED) is 0.833. The molecule has 1 aliphatic rings. The summed E-state index contributed by atoms with van der Waals surface area (Å²) in [5.41, 5.74) is 1.54. The predicted molar refractivity (Wildman–Crippen MR) is 81.0 cm³/mol. The lowest BCUT2D eigenvalue weighted by atomic mass is 9.99. The second-order valence-electron chi connectivity index (χ2n) is 5.65. The zero-order valence-corrected chi connectivity index (χ0v) is 12.6. The molecule has 5 heteroatoms. The van der Waals surface area contributed by atoms with E-state index in [0.717, 1.165) is 38.3 Å². The SMILES string of the molecule is Cc1ccc(C(=O)O)cc1C(=O)CCN1CCN(C)CC1. The van der Waals surface area contributed by atoms with Crippen molar-refractivity contribution in [3.05, 3.63) is 34.9 Å².